The van der Waals surface area contributed by atoms with Crippen LogP contribution < -0.4 is 11.3 Å². The number of ether oxygens (including phenoxy) is 1. The first-order valence-corrected chi connectivity index (χ1v) is 6.25. The lowest BCUT2D eigenvalue weighted by atomic mass is 10.2. The molecule has 86 valence electrons. The molecule has 1 aromatic rings. The molecule has 0 bridgehead atoms. The first kappa shape index (κ1) is 12.6. The van der Waals surface area contributed by atoms with Crippen molar-refractivity contribution in [2.75, 3.05) is 13.2 Å². The van der Waals surface area contributed by atoms with E-state index >= 15 is 0 Å². The molecule has 0 fully saturated rings. The molecule has 1 rings (SSSR count). The number of aryl methyl sites for hydroxylation is 1. The van der Waals surface area contributed by atoms with Gasteiger partial charge >= 0.3 is 0 Å². The molecule has 0 aliphatic heterocycles. The molecule has 1 aromatic heterocycles. The summed E-state index contributed by atoms with van der Waals surface area (Å²) in [6, 6.07) is 4.41. The van der Waals surface area contributed by atoms with Crippen LogP contribution in [-0.4, -0.2) is 13.2 Å². The van der Waals surface area contributed by atoms with Crippen LogP contribution in [0.4, 0.5) is 0 Å². The minimum Gasteiger partial charge on any atom is -0.379 e. The van der Waals surface area contributed by atoms with E-state index in [1.165, 1.54) is 9.75 Å². The van der Waals surface area contributed by atoms with Gasteiger partial charge in [0.15, 0.2) is 0 Å². The number of hydrogen-bond donors (Lipinski definition) is 2. The fourth-order valence-corrected chi connectivity index (χ4v) is 2.33. The molecule has 0 radical (unpaired) electrons. The maximum Gasteiger partial charge on any atom is 0.0786 e. The van der Waals surface area contributed by atoms with Crippen LogP contribution in [-0.2, 0) is 11.2 Å². The van der Waals surface area contributed by atoms with Crippen molar-refractivity contribution < 1.29 is 4.74 Å². The normalized spacial score (nSPS) is 13.0. The topological polar surface area (TPSA) is 47.3 Å². The Bertz CT molecular complexity index is 275. The van der Waals surface area contributed by atoms with Crippen LogP contribution in [0, 0.1) is 0 Å². The van der Waals surface area contributed by atoms with Gasteiger partial charge in [-0.2, -0.15) is 0 Å². The van der Waals surface area contributed by atoms with Crippen LogP contribution in [0.5, 0.6) is 0 Å². The van der Waals surface area contributed by atoms with Crippen LogP contribution >= 0.6 is 11.3 Å². The maximum absolute atomic E-state index is 5.51. The zero-order chi connectivity index (χ0) is 11.1. The first-order valence-electron chi connectivity index (χ1n) is 5.44. The SMILES string of the molecule is CCCOCC(NN)c1ccc(CC)s1. The van der Waals surface area contributed by atoms with E-state index in [0.717, 1.165) is 19.4 Å². The number of hydrogen-bond acceptors (Lipinski definition) is 4. The Morgan fingerprint density at radius 2 is 2.27 bits per heavy atom. The van der Waals surface area contributed by atoms with E-state index in [1.807, 2.05) is 0 Å². The van der Waals surface area contributed by atoms with E-state index in [4.69, 9.17) is 10.6 Å². The quantitative estimate of drug-likeness (QED) is 0.427. The molecule has 0 saturated carbocycles. The molecule has 1 unspecified atom stereocenters. The van der Waals surface area contributed by atoms with Gasteiger partial charge < -0.3 is 4.74 Å². The van der Waals surface area contributed by atoms with Gasteiger partial charge in [0.05, 0.1) is 12.6 Å². The number of rotatable bonds is 7. The van der Waals surface area contributed by atoms with Crippen molar-refractivity contribution in [1.29, 1.82) is 0 Å². The van der Waals surface area contributed by atoms with Crippen molar-refractivity contribution in [2.24, 2.45) is 5.84 Å². The molecule has 15 heavy (non-hydrogen) atoms. The summed E-state index contributed by atoms with van der Waals surface area (Å²) in [5, 5.41) is 0. The smallest absolute Gasteiger partial charge is 0.0786 e. The summed E-state index contributed by atoms with van der Waals surface area (Å²) in [6.07, 6.45) is 2.12. The van der Waals surface area contributed by atoms with Crippen LogP contribution in [0.15, 0.2) is 12.1 Å². The lowest BCUT2D eigenvalue weighted by Crippen LogP contribution is -2.30. The predicted octanol–water partition coefficient (Wildman–Crippen LogP) is 2.24. The largest absolute Gasteiger partial charge is 0.379 e. The second-order valence-corrected chi connectivity index (χ2v) is 4.65. The van der Waals surface area contributed by atoms with Crippen LogP contribution in [0.1, 0.15) is 36.1 Å². The fraction of sp³-hybridized carbons (Fsp3) is 0.636. The average Bonchev–Trinajstić information content (AvgIpc) is 2.73. The van der Waals surface area contributed by atoms with Crippen molar-refractivity contribution in [2.45, 2.75) is 32.7 Å². The highest BCUT2D eigenvalue weighted by Gasteiger charge is 2.11. The lowest BCUT2D eigenvalue weighted by Gasteiger charge is -2.13. The van der Waals surface area contributed by atoms with Crippen LogP contribution in [0.25, 0.3) is 0 Å². The number of nitrogens with one attached hydrogen (secondary N) is 1. The van der Waals surface area contributed by atoms with Gasteiger partial charge in [0.1, 0.15) is 0 Å². The van der Waals surface area contributed by atoms with Crippen molar-refractivity contribution in [3.63, 3.8) is 0 Å². The molecular weight excluding hydrogens is 208 g/mol. The summed E-state index contributed by atoms with van der Waals surface area (Å²) < 4.78 is 5.50. The summed E-state index contributed by atoms with van der Waals surface area (Å²) in [4.78, 5) is 2.64. The minimum absolute atomic E-state index is 0.127. The maximum atomic E-state index is 5.51. The third-order valence-electron chi connectivity index (χ3n) is 2.21. The Balaban J connectivity index is 2.49. The number of nitrogens with two attached hydrogens (primary N) is 1. The molecule has 1 heterocycles. The first-order chi connectivity index (χ1) is 7.31. The summed E-state index contributed by atoms with van der Waals surface area (Å²) in [5.74, 6) is 5.51. The molecule has 0 spiro atoms. The summed E-state index contributed by atoms with van der Waals surface area (Å²) in [7, 11) is 0. The van der Waals surface area contributed by atoms with E-state index < -0.39 is 0 Å². The Hall–Kier alpha value is -0.420. The van der Waals surface area contributed by atoms with Gasteiger partial charge in [-0.05, 0) is 25.0 Å². The van der Waals surface area contributed by atoms with Crippen molar-refractivity contribution >= 4 is 11.3 Å². The zero-order valence-electron chi connectivity index (χ0n) is 9.45. The third-order valence-corrected chi connectivity index (χ3v) is 3.55. The third kappa shape index (κ3) is 3.91. The van der Waals surface area contributed by atoms with E-state index in [2.05, 4.69) is 31.4 Å². The van der Waals surface area contributed by atoms with Crippen LogP contribution in [0.3, 0.4) is 0 Å². The molecule has 3 nitrogen and oxygen atoms in total. The summed E-state index contributed by atoms with van der Waals surface area (Å²) in [6.45, 7) is 5.71. The minimum atomic E-state index is 0.127. The standard InChI is InChI=1S/C11H20N2OS/c1-3-7-14-8-10(13-12)11-6-5-9(4-2)15-11/h5-6,10,13H,3-4,7-8,12H2,1-2H3. The second-order valence-electron chi connectivity index (χ2n) is 3.45. The van der Waals surface area contributed by atoms with Crippen molar-refractivity contribution in [1.82, 2.24) is 5.43 Å². The highest BCUT2D eigenvalue weighted by molar-refractivity contribution is 7.12. The Kier molecular flexibility index (Phi) is 5.86. The van der Waals surface area contributed by atoms with E-state index in [0.29, 0.717) is 6.61 Å². The van der Waals surface area contributed by atoms with E-state index in [-0.39, 0.29) is 6.04 Å². The Labute approximate surface area is 95.6 Å². The molecular formula is C11H20N2OS. The van der Waals surface area contributed by atoms with Crippen molar-refractivity contribution in [3.05, 3.63) is 21.9 Å². The van der Waals surface area contributed by atoms with Gasteiger partial charge in [0.25, 0.3) is 0 Å². The number of thiophene rings is 1. The predicted molar refractivity (Wildman–Crippen MR) is 64.9 cm³/mol. The zero-order valence-corrected chi connectivity index (χ0v) is 10.3. The van der Waals surface area contributed by atoms with Gasteiger partial charge in [-0.1, -0.05) is 13.8 Å². The number of hydrazine groups is 1. The highest BCUT2D eigenvalue weighted by Crippen LogP contribution is 2.23. The Morgan fingerprint density at radius 1 is 1.47 bits per heavy atom. The van der Waals surface area contributed by atoms with E-state index in [9.17, 15) is 0 Å². The van der Waals surface area contributed by atoms with Gasteiger partial charge in [0.2, 0.25) is 0 Å². The van der Waals surface area contributed by atoms with Crippen molar-refractivity contribution in [3.8, 4) is 0 Å². The lowest BCUT2D eigenvalue weighted by molar-refractivity contribution is 0.113. The molecule has 0 aliphatic carbocycles. The summed E-state index contributed by atoms with van der Waals surface area (Å²) in [5.41, 5.74) is 2.80. The Morgan fingerprint density at radius 3 is 2.80 bits per heavy atom. The molecule has 0 aromatic carbocycles. The fourth-order valence-electron chi connectivity index (χ4n) is 1.33. The van der Waals surface area contributed by atoms with Gasteiger partial charge in [0, 0.05) is 16.4 Å². The van der Waals surface area contributed by atoms with Gasteiger partial charge in [-0.25, -0.2) is 5.43 Å². The van der Waals surface area contributed by atoms with Gasteiger partial charge in [-0.3, -0.25) is 5.84 Å². The highest BCUT2D eigenvalue weighted by atomic mass is 32.1. The molecule has 3 N–H and O–H groups in total. The molecule has 0 aliphatic rings. The van der Waals surface area contributed by atoms with E-state index in [1.54, 1.807) is 11.3 Å². The molecule has 0 saturated heterocycles. The summed E-state index contributed by atoms with van der Waals surface area (Å²) >= 11 is 1.80. The molecule has 1 atom stereocenters. The second kappa shape index (κ2) is 6.95. The molecule has 0 amide bonds. The molecule has 4 heteroatoms. The van der Waals surface area contributed by atoms with Gasteiger partial charge in [-0.15, -0.1) is 11.3 Å². The average molecular weight is 228 g/mol. The monoisotopic (exact) mass is 228 g/mol. The van der Waals surface area contributed by atoms with Crippen LogP contribution in [0.2, 0.25) is 0 Å².